The average molecular weight is 461 g/mol. The van der Waals surface area contributed by atoms with Gasteiger partial charge in [0, 0.05) is 24.8 Å². The van der Waals surface area contributed by atoms with Gasteiger partial charge in [-0.25, -0.2) is 4.79 Å². The highest BCUT2D eigenvalue weighted by atomic mass is 32.2. The molecule has 1 unspecified atom stereocenters. The van der Waals surface area contributed by atoms with Crippen LogP contribution in [0.1, 0.15) is 56.9 Å². The Labute approximate surface area is 195 Å². The largest absolute Gasteiger partial charge is 0.438 e. The van der Waals surface area contributed by atoms with E-state index in [1.807, 2.05) is 32.3 Å². The van der Waals surface area contributed by atoms with Crippen LogP contribution in [-0.2, 0) is 16.0 Å². The SMILES string of the molecule is CN(C)CCSC1=NN(C(=O)NC2CCCCCC2)C(C(=O)CCCc2ccccc2)O1. The number of carbonyl (C=O) groups is 2. The van der Waals surface area contributed by atoms with E-state index in [4.69, 9.17) is 4.74 Å². The molecular weight excluding hydrogens is 424 g/mol. The van der Waals surface area contributed by atoms with E-state index < -0.39 is 6.23 Å². The van der Waals surface area contributed by atoms with Gasteiger partial charge < -0.3 is 15.0 Å². The third-order valence-corrected chi connectivity index (χ3v) is 6.60. The lowest BCUT2D eigenvalue weighted by atomic mass is 10.1. The van der Waals surface area contributed by atoms with Gasteiger partial charge in [0.15, 0.2) is 5.78 Å². The number of hydrogen-bond donors (Lipinski definition) is 1. The summed E-state index contributed by atoms with van der Waals surface area (Å²) < 4.78 is 5.87. The number of ether oxygens (including phenoxy) is 1. The van der Waals surface area contributed by atoms with Gasteiger partial charge in [-0.05, 0) is 45.3 Å². The number of Topliss-reactive ketones (excluding diaryl/α,β-unsaturated/α-hetero) is 1. The second-order valence-corrected chi connectivity index (χ2v) is 9.82. The highest BCUT2D eigenvalue weighted by molar-refractivity contribution is 8.13. The maximum Gasteiger partial charge on any atom is 0.341 e. The molecule has 176 valence electrons. The highest BCUT2D eigenvalue weighted by Crippen LogP contribution is 2.23. The van der Waals surface area contributed by atoms with Crippen LogP contribution in [0.4, 0.5) is 4.79 Å². The van der Waals surface area contributed by atoms with Crippen LogP contribution in [0.2, 0.25) is 0 Å². The van der Waals surface area contributed by atoms with Crippen LogP contribution in [-0.4, -0.2) is 65.6 Å². The molecule has 3 rings (SSSR count). The first-order valence-electron chi connectivity index (χ1n) is 11.7. The van der Waals surface area contributed by atoms with Crippen molar-refractivity contribution in [1.82, 2.24) is 15.2 Å². The number of nitrogens with one attached hydrogen (secondary N) is 1. The quantitative estimate of drug-likeness (QED) is 0.558. The van der Waals surface area contributed by atoms with Crippen molar-refractivity contribution in [3.63, 3.8) is 0 Å². The molecule has 0 radical (unpaired) electrons. The van der Waals surface area contributed by atoms with Gasteiger partial charge in [-0.3, -0.25) is 4.79 Å². The molecule has 1 N–H and O–H groups in total. The maximum absolute atomic E-state index is 13.0. The van der Waals surface area contributed by atoms with Crippen molar-refractivity contribution in [2.75, 3.05) is 26.4 Å². The van der Waals surface area contributed by atoms with Gasteiger partial charge in [0.25, 0.3) is 11.5 Å². The van der Waals surface area contributed by atoms with Crippen LogP contribution in [0.3, 0.4) is 0 Å². The van der Waals surface area contributed by atoms with Gasteiger partial charge in [0.05, 0.1) is 0 Å². The Hall–Kier alpha value is -2.06. The number of aryl methyl sites for hydroxylation is 1. The minimum Gasteiger partial charge on any atom is -0.438 e. The van der Waals surface area contributed by atoms with E-state index in [1.165, 1.54) is 35.2 Å². The van der Waals surface area contributed by atoms with E-state index in [-0.39, 0.29) is 17.9 Å². The fraction of sp³-hybridized carbons (Fsp3) is 0.625. The Kier molecular flexibility index (Phi) is 9.87. The Balaban J connectivity index is 1.59. The van der Waals surface area contributed by atoms with Crippen LogP contribution >= 0.6 is 11.8 Å². The minimum absolute atomic E-state index is 0.107. The first-order chi connectivity index (χ1) is 15.5. The van der Waals surface area contributed by atoms with Gasteiger partial charge in [0.2, 0.25) is 0 Å². The Morgan fingerprint density at radius 2 is 1.88 bits per heavy atom. The zero-order chi connectivity index (χ0) is 22.8. The van der Waals surface area contributed by atoms with Crippen molar-refractivity contribution in [1.29, 1.82) is 0 Å². The van der Waals surface area contributed by atoms with Crippen molar-refractivity contribution in [2.24, 2.45) is 5.10 Å². The molecule has 0 spiro atoms. The third-order valence-electron chi connectivity index (χ3n) is 5.79. The minimum atomic E-state index is -0.974. The molecule has 1 aromatic rings. The molecular formula is C24H36N4O3S. The van der Waals surface area contributed by atoms with Crippen LogP contribution in [0.25, 0.3) is 0 Å². The summed E-state index contributed by atoms with van der Waals surface area (Å²) in [6.07, 6.45) is 7.53. The lowest BCUT2D eigenvalue weighted by molar-refractivity contribution is -0.131. The van der Waals surface area contributed by atoms with Crippen molar-refractivity contribution < 1.29 is 14.3 Å². The second kappa shape index (κ2) is 12.8. The van der Waals surface area contributed by atoms with E-state index in [9.17, 15) is 9.59 Å². The number of urea groups is 1. The molecule has 0 bridgehead atoms. The molecule has 1 aromatic carbocycles. The van der Waals surface area contributed by atoms with E-state index in [0.29, 0.717) is 18.1 Å². The molecule has 1 aliphatic carbocycles. The number of ketones is 1. The summed E-state index contributed by atoms with van der Waals surface area (Å²) in [7, 11) is 4.01. The molecule has 0 saturated heterocycles. The van der Waals surface area contributed by atoms with Gasteiger partial charge >= 0.3 is 6.03 Å². The summed E-state index contributed by atoms with van der Waals surface area (Å²) in [5.41, 5.74) is 1.20. The number of amides is 2. The Morgan fingerprint density at radius 3 is 2.56 bits per heavy atom. The van der Waals surface area contributed by atoms with Crippen molar-refractivity contribution in [3.05, 3.63) is 35.9 Å². The van der Waals surface area contributed by atoms with Crippen LogP contribution < -0.4 is 5.32 Å². The van der Waals surface area contributed by atoms with Crippen molar-refractivity contribution in [2.45, 2.75) is 70.1 Å². The van der Waals surface area contributed by atoms with E-state index in [1.54, 1.807) is 0 Å². The summed E-state index contributed by atoms with van der Waals surface area (Å²) >= 11 is 1.44. The molecule has 1 heterocycles. The van der Waals surface area contributed by atoms with E-state index >= 15 is 0 Å². The zero-order valence-electron chi connectivity index (χ0n) is 19.3. The van der Waals surface area contributed by atoms with Gasteiger partial charge in [0.1, 0.15) is 0 Å². The smallest absolute Gasteiger partial charge is 0.341 e. The first kappa shape index (κ1) is 24.6. The molecule has 2 amide bonds. The Bertz CT molecular complexity index is 764. The number of hydrazone groups is 1. The number of nitrogens with zero attached hydrogens (tertiary/aromatic N) is 3. The van der Waals surface area contributed by atoms with Crippen molar-refractivity contribution >= 4 is 28.8 Å². The topological polar surface area (TPSA) is 74.2 Å². The number of benzene rings is 1. The van der Waals surface area contributed by atoms with Gasteiger partial charge in [-0.1, -0.05) is 67.8 Å². The first-order valence-corrected chi connectivity index (χ1v) is 12.7. The molecule has 1 fully saturated rings. The number of rotatable bonds is 9. The predicted molar refractivity (Wildman–Crippen MR) is 130 cm³/mol. The second-order valence-electron chi connectivity index (χ2n) is 8.78. The summed E-state index contributed by atoms with van der Waals surface area (Å²) in [5, 5.41) is 9.10. The zero-order valence-corrected chi connectivity index (χ0v) is 20.1. The van der Waals surface area contributed by atoms with Crippen LogP contribution in [0.15, 0.2) is 35.4 Å². The molecule has 1 aliphatic heterocycles. The monoisotopic (exact) mass is 460 g/mol. The number of carbonyl (C=O) groups excluding carboxylic acids is 2. The predicted octanol–water partition coefficient (Wildman–Crippen LogP) is 4.23. The molecule has 7 nitrogen and oxygen atoms in total. The molecule has 32 heavy (non-hydrogen) atoms. The number of thioether (sulfide) groups is 1. The highest BCUT2D eigenvalue weighted by Gasteiger charge is 2.38. The average Bonchev–Trinajstić information content (AvgIpc) is 3.04. The van der Waals surface area contributed by atoms with Crippen molar-refractivity contribution in [3.8, 4) is 0 Å². The standard InChI is InChI=1S/C24H36N4O3S/c1-27(2)17-18-32-24-26-28(23(30)25-20-14-8-3-4-9-15-20)22(31-24)21(29)16-10-13-19-11-6-5-7-12-19/h5-7,11-12,20,22H,3-4,8-10,13-18H2,1-2H3,(H,25,30). The fourth-order valence-corrected chi connectivity index (χ4v) is 4.88. The Morgan fingerprint density at radius 1 is 1.16 bits per heavy atom. The van der Waals surface area contributed by atoms with Gasteiger partial charge in [-0.15, -0.1) is 5.10 Å². The summed E-state index contributed by atoms with van der Waals surface area (Å²) in [4.78, 5) is 28.1. The molecule has 0 aromatic heterocycles. The normalized spacial score (nSPS) is 19.4. The number of hydrogen-bond acceptors (Lipinski definition) is 6. The van der Waals surface area contributed by atoms with Gasteiger partial charge in [-0.2, -0.15) is 5.01 Å². The summed E-state index contributed by atoms with van der Waals surface area (Å²) in [6.45, 7) is 0.858. The van der Waals surface area contributed by atoms with E-state index in [2.05, 4.69) is 27.5 Å². The summed E-state index contributed by atoms with van der Waals surface area (Å²) in [5.74, 6) is 0.669. The van der Waals surface area contributed by atoms with E-state index in [0.717, 1.165) is 44.4 Å². The third kappa shape index (κ3) is 7.81. The van der Waals surface area contributed by atoms with Crippen LogP contribution in [0.5, 0.6) is 0 Å². The molecule has 1 saturated carbocycles. The maximum atomic E-state index is 13.0. The molecule has 2 aliphatic rings. The lowest BCUT2D eigenvalue weighted by Gasteiger charge is -2.23. The lowest BCUT2D eigenvalue weighted by Crippen LogP contribution is -2.48. The van der Waals surface area contributed by atoms with Crippen LogP contribution in [0, 0.1) is 0 Å². The molecule has 8 heteroatoms. The molecule has 1 atom stereocenters. The fourth-order valence-electron chi connectivity index (χ4n) is 3.94. The summed E-state index contributed by atoms with van der Waals surface area (Å²) in [6, 6.07) is 9.92.